The van der Waals surface area contributed by atoms with Gasteiger partial charge < -0.3 is 25.2 Å². The third-order valence-electron chi connectivity index (χ3n) is 6.26. The first-order chi connectivity index (χ1) is 15.9. The van der Waals surface area contributed by atoms with Gasteiger partial charge in [0.25, 0.3) is 0 Å². The average Bonchev–Trinajstić information content (AvgIpc) is 3.61. The van der Waals surface area contributed by atoms with E-state index in [0.29, 0.717) is 31.0 Å². The number of aliphatic hydroxyl groups excluding tert-OH is 2. The quantitative estimate of drug-likeness (QED) is 0.586. The van der Waals surface area contributed by atoms with Crippen LogP contribution in [0, 0.1) is 18.8 Å². The molecule has 2 aliphatic rings. The third-order valence-corrected chi connectivity index (χ3v) is 6.26. The molecule has 0 spiro atoms. The molecule has 1 aliphatic carbocycles. The lowest BCUT2D eigenvalue weighted by Gasteiger charge is -2.34. The Morgan fingerprint density at radius 3 is 2.70 bits per heavy atom. The number of nitrogens with one attached hydrogen (secondary N) is 1. The molecule has 4 rings (SSSR count). The van der Waals surface area contributed by atoms with Crippen LogP contribution in [0.15, 0.2) is 36.5 Å². The maximum atomic E-state index is 14.6. The maximum absolute atomic E-state index is 14.6. The van der Waals surface area contributed by atoms with E-state index < -0.39 is 24.8 Å². The molecule has 1 aliphatic heterocycles. The van der Waals surface area contributed by atoms with E-state index in [-0.39, 0.29) is 30.9 Å². The van der Waals surface area contributed by atoms with Crippen molar-refractivity contribution in [3.63, 3.8) is 0 Å². The summed E-state index contributed by atoms with van der Waals surface area (Å²) >= 11 is 0. The first kappa shape index (κ1) is 23.1. The highest BCUT2D eigenvalue weighted by Gasteiger charge is 2.42. The second-order valence-corrected chi connectivity index (χ2v) is 8.64. The van der Waals surface area contributed by atoms with E-state index in [1.807, 2.05) is 25.1 Å². The average molecular weight is 458 g/mol. The summed E-state index contributed by atoms with van der Waals surface area (Å²) in [6, 6.07) is 9.21. The first-order valence-electron chi connectivity index (χ1n) is 11.1. The highest BCUT2D eigenvalue weighted by atomic mass is 19.1. The van der Waals surface area contributed by atoms with Crippen molar-refractivity contribution in [3.05, 3.63) is 42.1 Å². The van der Waals surface area contributed by atoms with Crippen molar-refractivity contribution in [2.45, 2.75) is 32.0 Å². The molecule has 3 N–H and O–H groups in total. The van der Waals surface area contributed by atoms with Crippen molar-refractivity contribution in [2.75, 3.05) is 31.6 Å². The normalized spacial score (nSPS) is 24.3. The Kier molecular flexibility index (Phi) is 6.90. The van der Waals surface area contributed by atoms with Crippen molar-refractivity contribution in [2.24, 2.45) is 11.8 Å². The van der Waals surface area contributed by atoms with E-state index >= 15 is 0 Å². The predicted molar refractivity (Wildman–Crippen MR) is 119 cm³/mol. The fourth-order valence-corrected chi connectivity index (χ4v) is 4.13. The van der Waals surface area contributed by atoms with Gasteiger partial charge >= 0.3 is 0 Å². The number of amides is 2. The third kappa shape index (κ3) is 5.31. The predicted octanol–water partition coefficient (Wildman–Crippen LogP) is 1.93. The summed E-state index contributed by atoms with van der Waals surface area (Å²) in [6.07, 6.45) is 0.663. The second-order valence-electron chi connectivity index (χ2n) is 8.64. The van der Waals surface area contributed by atoms with Gasteiger partial charge in [-0.3, -0.25) is 9.59 Å². The highest BCUT2D eigenvalue weighted by Crippen LogP contribution is 2.38. The number of aryl methyl sites for hydroxylation is 1. The number of aromatic nitrogens is 1. The molecule has 9 heteroatoms. The number of benzene rings is 1. The van der Waals surface area contributed by atoms with Gasteiger partial charge in [-0.05, 0) is 60.2 Å². The molecule has 8 nitrogen and oxygen atoms in total. The van der Waals surface area contributed by atoms with Crippen LogP contribution in [0.5, 0.6) is 5.75 Å². The SMILES string of the molecule is Cc1cc(-c2ccnc(NC(=O)[C@@H]3CC3CO)c2)ccc1O[C@H]1CCN(C(=O)CO)C[C@H]1F. The molecule has 2 amide bonds. The zero-order valence-electron chi connectivity index (χ0n) is 18.4. The molecule has 176 valence electrons. The smallest absolute Gasteiger partial charge is 0.248 e. The molecule has 1 saturated heterocycles. The number of hydrogen-bond donors (Lipinski definition) is 3. The summed E-state index contributed by atoms with van der Waals surface area (Å²) in [5.41, 5.74) is 2.60. The van der Waals surface area contributed by atoms with Gasteiger partial charge in [0.05, 0.1) is 6.54 Å². The lowest BCUT2D eigenvalue weighted by molar-refractivity contribution is -0.138. The zero-order valence-corrected chi connectivity index (χ0v) is 18.4. The Labute approximate surface area is 191 Å². The molecule has 0 bridgehead atoms. The van der Waals surface area contributed by atoms with Crippen molar-refractivity contribution < 1.29 is 28.9 Å². The minimum atomic E-state index is -1.34. The lowest BCUT2D eigenvalue weighted by atomic mass is 10.0. The zero-order chi connectivity index (χ0) is 23.5. The Morgan fingerprint density at radius 2 is 2.03 bits per heavy atom. The summed E-state index contributed by atoms with van der Waals surface area (Å²) in [4.78, 5) is 29.3. The number of hydrogen-bond acceptors (Lipinski definition) is 6. The second kappa shape index (κ2) is 9.84. The van der Waals surface area contributed by atoms with Crippen molar-refractivity contribution in [1.29, 1.82) is 0 Å². The van der Waals surface area contributed by atoms with Crippen LogP contribution in [-0.2, 0) is 9.59 Å². The van der Waals surface area contributed by atoms with E-state index in [1.54, 1.807) is 18.3 Å². The van der Waals surface area contributed by atoms with Gasteiger partial charge in [-0.2, -0.15) is 0 Å². The molecule has 1 aromatic heterocycles. The van der Waals surface area contributed by atoms with E-state index in [2.05, 4.69) is 10.3 Å². The molecule has 33 heavy (non-hydrogen) atoms. The molecule has 1 unspecified atom stereocenters. The van der Waals surface area contributed by atoms with Crippen molar-refractivity contribution >= 4 is 17.6 Å². The summed E-state index contributed by atoms with van der Waals surface area (Å²) < 4.78 is 20.5. The molecule has 2 aromatic rings. The molecular formula is C24H28FN3O5. The van der Waals surface area contributed by atoms with Crippen LogP contribution < -0.4 is 10.1 Å². The molecule has 1 aromatic carbocycles. The van der Waals surface area contributed by atoms with Crippen molar-refractivity contribution in [3.8, 4) is 16.9 Å². The Bertz CT molecular complexity index is 1030. The van der Waals surface area contributed by atoms with Gasteiger partial charge in [0.1, 0.15) is 24.3 Å². The highest BCUT2D eigenvalue weighted by molar-refractivity contribution is 5.94. The fraction of sp³-hybridized carbons (Fsp3) is 0.458. The summed E-state index contributed by atoms with van der Waals surface area (Å²) in [5, 5.41) is 20.9. The summed E-state index contributed by atoms with van der Waals surface area (Å²) in [6.45, 7) is 1.52. The van der Waals surface area contributed by atoms with Crippen LogP contribution in [0.25, 0.3) is 11.1 Å². The molecule has 2 heterocycles. The summed E-state index contributed by atoms with van der Waals surface area (Å²) in [5.74, 6) is 0.283. The number of ether oxygens (including phenoxy) is 1. The molecule has 0 radical (unpaired) electrons. The lowest BCUT2D eigenvalue weighted by Crippen LogP contribution is -2.50. The molecular weight excluding hydrogens is 429 g/mol. The number of rotatable bonds is 7. The number of pyridine rings is 1. The van der Waals surface area contributed by atoms with Gasteiger partial charge in [-0.1, -0.05) is 6.07 Å². The number of alkyl halides is 1. The van der Waals surface area contributed by atoms with E-state index in [4.69, 9.17) is 14.9 Å². The molecule has 2 fully saturated rings. The number of piperidine rings is 1. The number of nitrogens with zero attached hydrogens (tertiary/aromatic N) is 2. The topological polar surface area (TPSA) is 112 Å². The van der Waals surface area contributed by atoms with Crippen LogP contribution in [-0.4, -0.2) is 70.5 Å². The van der Waals surface area contributed by atoms with Gasteiger partial charge in [0.2, 0.25) is 11.8 Å². The number of likely N-dealkylation sites (tertiary alicyclic amines) is 1. The molecule has 1 saturated carbocycles. The molecule has 4 atom stereocenters. The number of carbonyl (C=O) groups excluding carboxylic acids is 2. The van der Waals surface area contributed by atoms with Crippen LogP contribution in [0.3, 0.4) is 0 Å². The maximum Gasteiger partial charge on any atom is 0.248 e. The van der Waals surface area contributed by atoms with E-state index in [1.165, 1.54) is 4.90 Å². The minimum Gasteiger partial charge on any atom is -0.487 e. The minimum absolute atomic E-state index is 0.0162. The van der Waals surface area contributed by atoms with Crippen LogP contribution in [0.1, 0.15) is 18.4 Å². The van der Waals surface area contributed by atoms with Crippen molar-refractivity contribution in [1.82, 2.24) is 9.88 Å². The Balaban J connectivity index is 1.41. The van der Waals surface area contributed by atoms with Gasteiger partial charge in [-0.25, -0.2) is 9.37 Å². The number of aliphatic hydroxyl groups is 2. The fourth-order valence-electron chi connectivity index (χ4n) is 4.13. The van der Waals surface area contributed by atoms with Crippen LogP contribution >= 0.6 is 0 Å². The van der Waals surface area contributed by atoms with Gasteiger partial charge in [-0.15, -0.1) is 0 Å². The van der Waals surface area contributed by atoms with Gasteiger partial charge in [0.15, 0.2) is 6.17 Å². The Morgan fingerprint density at radius 1 is 1.24 bits per heavy atom. The first-order valence-corrected chi connectivity index (χ1v) is 11.1. The number of anilines is 1. The van der Waals surface area contributed by atoms with E-state index in [9.17, 15) is 14.0 Å². The number of carbonyl (C=O) groups is 2. The van der Waals surface area contributed by atoms with E-state index in [0.717, 1.165) is 16.7 Å². The monoisotopic (exact) mass is 457 g/mol. The van der Waals surface area contributed by atoms with Gasteiger partial charge in [0, 0.05) is 31.7 Å². The largest absolute Gasteiger partial charge is 0.487 e. The van der Waals surface area contributed by atoms with Crippen LogP contribution in [0.2, 0.25) is 0 Å². The van der Waals surface area contributed by atoms with Crippen LogP contribution in [0.4, 0.5) is 10.2 Å². The Hall–Kier alpha value is -3.04. The standard InChI is InChI=1S/C24H28FN3O5/c1-14-8-15(16-4-6-26-22(10-16)27-24(32)18-9-17(18)12-29)2-3-20(14)33-21-5-7-28(11-19(21)25)23(31)13-30/h2-4,6,8,10,17-19,21,29-30H,5,7,9,11-13H2,1H3,(H,26,27,32)/t17?,18-,19-,21+/m1/s1. The summed E-state index contributed by atoms with van der Waals surface area (Å²) in [7, 11) is 0. The number of halogens is 1.